The Bertz CT molecular complexity index is 1680. The van der Waals surface area contributed by atoms with E-state index >= 15 is 0 Å². The average molecular weight is 714 g/mol. The van der Waals surface area contributed by atoms with Crippen LogP contribution in [0.1, 0.15) is 81.1 Å². The molecule has 0 spiro atoms. The SMILES string of the molecule is C=Bc1cc(C)c(NC(=O)C2=CC(CC(CC)CC(N=N)C(F)(F)F)=NCC2CC2=CCCC=CC=C2C(F)(F)F)c(C(=O)C(C)CCC#N)c1. The van der Waals surface area contributed by atoms with Gasteiger partial charge in [-0.05, 0) is 6.42 Å². The number of aliphatic imine (C=N–C) groups is 1. The van der Waals surface area contributed by atoms with E-state index in [1.807, 2.05) is 6.07 Å². The molecule has 14 heteroatoms. The van der Waals surface area contributed by atoms with E-state index in [0.717, 1.165) is 6.08 Å². The van der Waals surface area contributed by atoms with Crippen molar-refractivity contribution in [3.05, 3.63) is 70.4 Å². The van der Waals surface area contributed by atoms with Crippen molar-refractivity contribution in [2.75, 3.05) is 11.9 Å². The molecule has 0 radical (unpaired) electrons. The zero-order valence-electron chi connectivity index (χ0n) is 28.9. The van der Waals surface area contributed by atoms with Crippen molar-refractivity contribution in [3.63, 3.8) is 0 Å². The first-order chi connectivity index (χ1) is 24.0. The van der Waals surface area contributed by atoms with Gasteiger partial charge in [-0.1, -0.05) is 19.1 Å². The first-order valence-electron chi connectivity index (χ1n) is 16.8. The van der Waals surface area contributed by atoms with Crippen LogP contribution in [0.25, 0.3) is 0 Å². The van der Waals surface area contributed by atoms with Crippen molar-refractivity contribution < 1.29 is 35.9 Å². The van der Waals surface area contributed by atoms with Gasteiger partial charge in [-0.15, -0.1) is 0 Å². The van der Waals surface area contributed by atoms with Crippen LogP contribution in [0.3, 0.4) is 0 Å². The number of dihydropyridines is 1. The number of halogens is 6. The number of rotatable bonds is 15. The molecule has 1 aliphatic carbocycles. The second kappa shape index (κ2) is 18.2. The van der Waals surface area contributed by atoms with Crippen LogP contribution in [0, 0.1) is 41.5 Å². The molecule has 0 saturated carbocycles. The van der Waals surface area contributed by atoms with Gasteiger partial charge in [-0.25, -0.2) is 5.53 Å². The summed E-state index contributed by atoms with van der Waals surface area (Å²) < 4.78 is 83.0. The summed E-state index contributed by atoms with van der Waals surface area (Å²) in [5.41, 5.74) is 8.12. The number of aryl methyl sites for hydroxylation is 1. The molecule has 1 aliphatic heterocycles. The van der Waals surface area contributed by atoms with Crippen LogP contribution in [0.15, 0.2) is 69.3 Å². The molecule has 3 rings (SSSR count). The molecule has 0 fully saturated rings. The van der Waals surface area contributed by atoms with Gasteiger partial charge in [0.05, 0.1) is 0 Å². The molecule has 2 aliphatic rings. The van der Waals surface area contributed by atoms with Crippen molar-refractivity contribution in [2.24, 2.45) is 27.9 Å². The van der Waals surface area contributed by atoms with Gasteiger partial charge in [0.25, 0.3) is 0 Å². The predicted molar refractivity (Wildman–Crippen MR) is 188 cm³/mol. The predicted octanol–water partition coefficient (Wildman–Crippen LogP) is 8.74. The van der Waals surface area contributed by atoms with Crippen LogP contribution >= 0.6 is 0 Å². The standard InChI is InChI=1S/C37H42BF6N5O2/c1-5-24(17-32(49-46)37(42,43)44)16-28-20-29(26(21-47-28)18-25-12-8-6-7-9-13-31(25)36(39,40)41)35(51)48-33-23(3)15-27(38-4)19-30(33)34(50)22(2)11-10-14-45/h7,9,12-13,15,19-20,22,24,26,32,46H,4-6,8,10-11,16-18,21H2,1-3H3,(H,48,51). The number of allylic oxidation sites excluding steroid dienone is 7. The summed E-state index contributed by atoms with van der Waals surface area (Å²) >= 11 is 0. The fourth-order valence-corrected chi connectivity index (χ4v) is 6.21. The Hall–Kier alpha value is -4.41. The van der Waals surface area contributed by atoms with E-state index < -0.39 is 54.0 Å². The van der Waals surface area contributed by atoms with Crippen LogP contribution in [0.5, 0.6) is 0 Å². The molecule has 0 aromatic heterocycles. The van der Waals surface area contributed by atoms with Gasteiger partial charge < -0.3 is 0 Å². The van der Waals surface area contributed by atoms with E-state index in [2.05, 4.69) is 21.9 Å². The number of nitriles is 1. The molecule has 272 valence electrons. The first-order valence-corrected chi connectivity index (χ1v) is 16.8. The average Bonchev–Trinajstić information content (AvgIpc) is 3.06. The number of nitrogens with one attached hydrogen (secondary N) is 2. The summed E-state index contributed by atoms with van der Waals surface area (Å²) in [5, 5.41) is 14.6. The van der Waals surface area contributed by atoms with E-state index in [1.54, 1.807) is 45.9 Å². The fraction of sp³-hybridized carbons (Fsp3) is 0.486. The molecular weight excluding hydrogens is 671 g/mol. The molecule has 2 N–H and O–H groups in total. The summed E-state index contributed by atoms with van der Waals surface area (Å²) in [6.45, 7) is 10.3. The summed E-state index contributed by atoms with van der Waals surface area (Å²) in [6, 6.07) is 3.11. The van der Waals surface area contributed by atoms with Gasteiger partial charge in [-0.3, -0.25) is 0 Å². The summed E-state index contributed by atoms with van der Waals surface area (Å²) in [4.78, 5) is 32.4. The van der Waals surface area contributed by atoms with Gasteiger partial charge in [0.1, 0.15) is 0 Å². The van der Waals surface area contributed by atoms with E-state index in [1.165, 1.54) is 18.2 Å². The minimum absolute atomic E-state index is 0.000544. The van der Waals surface area contributed by atoms with E-state index in [4.69, 9.17) is 10.8 Å². The Morgan fingerprint density at radius 2 is 1.94 bits per heavy atom. The number of hydrogen-bond donors (Lipinski definition) is 2. The molecule has 7 nitrogen and oxygen atoms in total. The molecule has 0 bridgehead atoms. The number of alkyl halides is 6. The molecule has 0 saturated heterocycles. The van der Waals surface area contributed by atoms with Gasteiger partial charge >= 0.3 is 227 Å². The monoisotopic (exact) mass is 713 g/mol. The number of benzene rings is 1. The number of anilines is 1. The van der Waals surface area contributed by atoms with E-state index in [9.17, 15) is 35.9 Å². The van der Waals surface area contributed by atoms with Crippen molar-refractivity contribution in [1.82, 2.24) is 0 Å². The molecule has 4 unspecified atom stereocenters. The number of ketones is 1. The van der Waals surface area contributed by atoms with Crippen LogP contribution in [-0.2, 0) is 4.79 Å². The van der Waals surface area contributed by atoms with Crippen molar-refractivity contribution in [2.45, 2.75) is 90.5 Å². The zero-order chi connectivity index (χ0) is 37.9. The third-order valence-electron chi connectivity index (χ3n) is 9.18. The van der Waals surface area contributed by atoms with Crippen LogP contribution < -0.4 is 10.8 Å². The quantitative estimate of drug-likeness (QED) is 0.0819. The Balaban J connectivity index is 2.07. The molecule has 4 atom stereocenters. The molecule has 1 amide bonds. The number of nitrogens with zero attached hydrogens (tertiary/aromatic N) is 3. The van der Waals surface area contributed by atoms with Crippen molar-refractivity contribution in [3.8, 4) is 6.07 Å². The Kier molecular flexibility index (Phi) is 14.6. The Morgan fingerprint density at radius 3 is 2.55 bits per heavy atom. The van der Waals surface area contributed by atoms with Crippen LogP contribution in [-0.4, -0.2) is 55.7 Å². The Labute approximate surface area is 295 Å². The van der Waals surface area contributed by atoms with Gasteiger partial charge in [0.15, 0.2) is 6.04 Å². The third-order valence-corrected chi connectivity index (χ3v) is 9.18. The van der Waals surface area contributed by atoms with Gasteiger partial charge in [-0.2, -0.15) is 31.5 Å². The van der Waals surface area contributed by atoms with E-state index in [0.29, 0.717) is 36.0 Å². The summed E-state index contributed by atoms with van der Waals surface area (Å²) in [7, 11) is 0. The molecule has 51 heavy (non-hydrogen) atoms. The van der Waals surface area contributed by atoms with Crippen LogP contribution in [0.4, 0.5) is 32.0 Å². The zero-order valence-corrected chi connectivity index (χ0v) is 28.9. The van der Waals surface area contributed by atoms with Gasteiger partial charge in [0.2, 0.25) is 0 Å². The number of Topliss-reactive ketones (excluding diaryl/α,β-unsaturated/α-hetero) is 1. The maximum absolute atomic E-state index is 14.2. The molecule has 1 aromatic rings. The number of hydrogen-bond acceptors (Lipinski definition) is 6. The summed E-state index contributed by atoms with van der Waals surface area (Å²) in [6.07, 6.45) is -1.50. The van der Waals surface area contributed by atoms with E-state index in [-0.39, 0.29) is 60.4 Å². The number of carbonyl (C=O) groups is 2. The molecule has 1 aromatic carbocycles. The maximum atomic E-state index is 14.2. The third kappa shape index (κ3) is 11.3. The van der Waals surface area contributed by atoms with Crippen molar-refractivity contribution in [1.29, 1.82) is 10.8 Å². The second-order valence-corrected chi connectivity index (χ2v) is 12.9. The van der Waals surface area contributed by atoms with Crippen LogP contribution in [0.2, 0.25) is 0 Å². The first kappa shape index (κ1) is 41.0. The Morgan fingerprint density at radius 1 is 1.22 bits per heavy atom. The summed E-state index contributed by atoms with van der Waals surface area (Å²) in [5.74, 6) is -3.00. The molecular formula is C37H42BF6N5O2. The minimum atomic E-state index is -4.71. The number of carbonyl (C=O) groups excluding carboxylic acids is 2. The normalized spacial score (nSPS) is 18.3. The van der Waals surface area contributed by atoms with Gasteiger partial charge in [0, 0.05) is 0 Å². The number of amides is 1. The molecule has 1 heterocycles. The van der Waals surface area contributed by atoms with Crippen molar-refractivity contribution >= 4 is 41.9 Å². The second-order valence-electron chi connectivity index (χ2n) is 12.9. The topological polar surface area (TPSA) is 119 Å². The fourth-order valence-electron chi connectivity index (χ4n) is 6.21.